The number of pyridine rings is 1. The van der Waals surface area contributed by atoms with Crippen molar-refractivity contribution < 1.29 is 10.4 Å². The molecule has 29 heavy (non-hydrogen) atoms. The number of aromatic nitrogens is 1. The van der Waals surface area contributed by atoms with E-state index in [1.807, 2.05) is 31.4 Å². The lowest BCUT2D eigenvalue weighted by Gasteiger charge is -2.23. The molecule has 2 aromatic heterocycles. The van der Waals surface area contributed by atoms with E-state index in [2.05, 4.69) is 40.6 Å². The van der Waals surface area contributed by atoms with E-state index in [1.165, 1.54) is 6.42 Å². The molecule has 1 fully saturated rings. The van der Waals surface area contributed by atoms with E-state index in [0.29, 0.717) is 11.3 Å². The average molecular weight is 383 g/mol. The van der Waals surface area contributed by atoms with Crippen molar-refractivity contribution in [1.82, 2.24) is 0 Å². The van der Waals surface area contributed by atoms with E-state index in [1.54, 1.807) is 0 Å². The van der Waals surface area contributed by atoms with Gasteiger partial charge in [0, 0.05) is 24.3 Å². The van der Waals surface area contributed by atoms with Crippen molar-refractivity contribution in [3.05, 3.63) is 71.2 Å². The van der Waals surface area contributed by atoms with Crippen molar-refractivity contribution in [3.8, 4) is 11.3 Å². The number of fused-ring (bicyclic) bond motifs is 3. The summed E-state index contributed by atoms with van der Waals surface area (Å²) in [5, 5.41) is 1.98. The fourth-order valence-electron chi connectivity index (χ4n) is 4.73. The van der Waals surface area contributed by atoms with E-state index in [0.717, 1.165) is 64.4 Å². The minimum absolute atomic E-state index is 0.515. The Labute approximate surface area is 172 Å². The molecule has 2 heterocycles. The molecule has 3 nitrogen and oxygen atoms in total. The highest BCUT2D eigenvalue weighted by atomic mass is 16.3. The van der Waals surface area contributed by atoms with Crippen molar-refractivity contribution in [1.29, 1.82) is 0 Å². The number of nitrogens with zero attached hydrogens (tertiary/aromatic N) is 2. The molecule has 144 valence electrons. The van der Waals surface area contributed by atoms with Gasteiger partial charge in [0.25, 0.3) is 0 Å². The second kappa shape index (κ2) is 7.04. The Balaban J connectivity index is 1.83. The molecule has 0 aliphatic heterocycles. The fraction of sp³-hybridized carbons (Fsp3) is 0.308. The summed E-state index contributed by atoms with van der Waals surface area (Å²) in [7, 11) is 2.03. The molecule has 1 aliphatic carbocycles. The predicted molar refractivity (Wildman–Crippen MR) is 117 cm³/mol. The molecule has 1 aliphatic rings. The van der Waals surface area contributed by atoms with Crippen molar-refractivity contribution in [2.45, 2.75) is 44.9 Å². The molecule has 3 heteroatoms. The van der Waals surface area contributed by atoms with E-state index in [-0.39, 0.29) is 0 Å². The second-order valence-electron chi connectivity index (χ2n) is 8.05. The van der Waals surface area contributed by atoms with Gasteiger partial charge in [-0.3, -0.25) is 0 Å². The lowest BCUT2D eigenvalue weighted by atomic mass is 9.83. The average Bonchev–Trinajstić information content (AvgIpc) is 3.13. The molecule has 0 bridgehead atoms. The summed E-state index contributed by atoms with van der Waals surface area (Å²) in [5.41, 5.74) is 6.05. The third-order valence-corrected chi connectivity index (χ3v) is 6.25. The highest BCUT2D eigenvalue weighted by Gasteiger charge is 2.25. The molecule has 1 saturated carbocycles. The van der Waals surface area contributed by atoms with Crippen LogP contribution in [0.4, 0.5) is 5.69 Å². The molecule has 0 amide bonds. The maximum atomic E-state index is 9.07. The first-order chi connectivity index (χ1) is 14.5. The van der Waals surface area contributed by atoms with Gasteiger partial charge in [-0.25, -0.2) is 9.41 Å². The number of hydrogen-bond acceptors (Lipinski definition) is 1. The van der Waals surface area contributed by atoms with Crippen molar-refractivity contribution >= 4 is 27.6 Å². The molecule has 0 radical (unpaired) electrons. The quantitative estimate of drug-likeness (QED) is 0.270. The summed E-state index contributed by atoms with van der Waals surface area (Å²) >= 11 is 0. The van der Waals surface area contributed by atoms with Crippen molar-refractivity contribution in [2.75, 3.05) is 0 Å². The topological polar surface area (TPSA) is 21.4 Å². The molecule has 4 aromatic rings. The van der Waals surface area contributed by atoms with E-state index in [9.17, 15) is 0 Å². The molecular formula is C26H25N2O+. The Hall–Kier alpha value is -3.12. The zero-order chi connectivity index (χ0) is 20.9. The molecular weight excluding hydrogens is 356 g/mol. The Bertz CT molecular complexity index is 1320. The lowest BCUT2D eigenvalue weighted by Crippen LogP contribution is -2.30. The molecule has 0 saturated heterocycles. The van der Waals surface area contributed by atoms with Crippen LogP contribution < -0.4 is 4.57 Å². The van der Waals surface area contributed by atoms with Crippen LogP contribution >= 0.6 is 0 Å². The van der Waals surface area contributed by atoms with Gasteiger partial charge >= 0.3 is 0 Å². The highest BCUT2D eigenvalue weighted by molar-refractivity contribution is 6.13. The number of rotatable bonds is 2. The number of furan rings is 1. The van der Waals surface area contributed by atoms with Crippen LogP contribution in [0.15, 0.2) is 53.1 Å². The van der Waals surface area contributed by atoms with Crippen molar-refractivity contribution in [3.63, 3.8) is 0 Å². The van der Waals surface area contributed by atoms with Crippen LogP contribution in [0.1, 0.15) is 50.5 Å². The number of benzene rings is 2. The molecule has 0 spiro atoms. The van der Waals surface area contributed by atoms with E-state index < -0.39 is 5.89 Å². The Morgan fingerprint density at radius 3 is 2.55 bits per heavy atom. The van der Waals surface area contributed by atoms with Gasteiger partial charge in [-0.05, 0) is 42.9 Å². The first-order valence-corrected chi connectivity index (χ1v) is 10.4. The molecule has 0 unspecified atom stereocenters. The summed E-state index contributed by atoms with van der Waals surface area (Å²) in [5.74, 6) is -0.685. The van der Waals surface area contributed by atoms with Crippen LogP contribution in [-0.4, -0.2) is 0 Å². The van der Waals surface area contributed by atoms with Crippen LogP contribution in [0.5, 0.6) is 0 Å². The Morgan fingerprint density at radius 1 is 1.03 bits per heavy atom. The highest BCUT2D eigenvalue weighted by Crippen LogP contribution is 2.45. The minimum atomic E-state index is -0.685. The minimum Gasteiger partial charge on any atom is -0.466 e. The summed E-state index contributed by atoms with van der Waals surface area (Å²) < 4.78 is 17.6. The smallest absolute Gasteiger partial charge is 0.232 e. The molecule has 2 aromatic carbocycles. The van der Waals surface area contributed by atoms with Gasteiger partial charge in [-0.2, -0.15) is 0 Å². The number of hydrogen-bond donors (Lipinski definition) is 0. The first-order valence-electron chi connectivity index (χ1n) is 10.9. The summed E-state index contributed by atoms with van der Waals surface area (Å²) in [6, 6.07) is 14.4. The van der Waals surface area contributed by atoms with Crippen LogP contribution in [0, 0.1) is 13.5 Å². The van der Waals surface area contributed by atoms with Crippen LogP contribution in [0.2, 0.25) is 0 Å². The van der Waals surface area contributed by atoms with Gasteiger partial charge in [-0.1, -0.05) is 43.5 Å². The van der Waals surface area contributed by atoms with Gasteiger partial charge in [0.15, 0.2) is 6.20 Å². The Morgan fingerprint density at radius 2 is 1.79 bits per heavy atom. The zero-order valence-corrected chi connectivity index (χ0v) is 17.0. The van der Waals surface area contributed by atoms with Gasteiger partial charge in [0.1, 0.15) is 18.2 Å². The van der Waals surface area contributed by atoms with Gasteiger partial charge in [0.2, 0.25) is 11.4 Å². The number of aryl methyl sites for hydroxylation is 2. The zero-order valence-electron chi connectivity index (χ0n) is 18.0. The summed E-state index contributed by atoms with van der Waals surface area (Å²) in [6.07, 6.45) is 6.93. The predicted octanol–water partition coefficient (Wildman–Crippen LogP) is 6.98. The second-order valence-corrected chi connectivity index (χ2v) is 8.05. The maximum absolute atomic E-state index is 9.07. The maximum Gasteiger partial charge on any atom is 0.232 e. The van der Waals surface area contributed by atoms with Crippen LogP contribution in [0.3, 0.4) is 0 Å². The molecule has 0 atom stereocenters. The molecule has 5 rings (SSSR count). The van der Waals surface area contributed by atoms with Gasteiger partial charge < -0.3 is 4.42 Å². The normalized spacial score (nSPS) is 16.7. The summed E-state index contributed by atoms with van der Waals surface area (Å²) in [6.45, 7) is 10.0. The van der Waals surface area contributed by atoms with Gasteiger partial charge in [0.05, 0.1) is 12.1 Å². The van der Waals surface area contributed by atoms with Gasteiger partial charge in [-0.15, -0.1) is 0 Å². The van der Waals surface area contributed by atoms with Crippen molar-refractivity contribution in [2.24, 2.45) is 7.05 Å². The van der Waals surface area contributed by atoms with Crippen LogP contribution in [0.25, 0.3) is 38.0 Å². The first kappa shape index (κ1) is 16.8. The largest absolute Gasteiger partial charge is 0.466 e. The monoisotopic (exact) mass is 382 g/mol. The third kappa shape index (κ3) is 2.83. The van der Waals surface area contributed by atoms with E-state index >= 15 is 0 Å². The SMILES string of the molecule is [2H]C1(c2ccc3c(oc4c(-c5cccc[n+]5C)c(C)ccc43)c2[N+]#[C-])CCCCC1. The summed E-state index contributed by atoms with van der Waals surface area (Å²) in [4.78, 5) is 3.89. The standard InChI is InChI=1S/C26H25N2O/c1-17-12-13-20-21-15-14-19(18-9-5-4-6-10-18)24(27-2)26(21)29-25(20)23(17)22-11-7-8-16-28(22)3/h7-8,11-16,18H,4-6,9-10H2,1,3H3/q+1/i18D. The van der Waals surface area contributed by atoms with E-state index in [4.69, 9.17) is 12.4 Å². The molecule has 0 N–H and O–H groups in total. The Kier molecular flexibility index (Phi) is 4.08. The third-order valence-electron chi connectivity index (χ3n) is 6.25. The van der Waals surface area contributed by atoms with Crippen LogP contribution in [-0.2, 0) is 7.05 Å². The fourth-order valence-corrected chi connectivity index (χ4v) is 4.73. The lowest BCUT2D eigenvalue weighted by molar-refractivity contribution is -0.660.